The lowest BCUT2D eigenvalue weighted by Gasteiger charge is -2.21. The number of hydrogen-bond acceptors (Lipinski definition) is 4. The van der Waals surface area contributed by atoms with Crippen molar-refractivity contribution < 1.29 is 13.2 Å². The number of aryl methyl sites for hydroxylation is 1. The van der Waals surface area contributed by atoms with E-state index in [4.69, 9.17) is 0 Å². The van der Waals surface area contributed by atoms with Crippen LogP contribution in [0.4, 0.5) is 5.69 Å². The molecule has 1 amide bonds. The van der Waals surface area contributed by atoms with Gasteiger partial charge in [0.25, 0.3) is 5.91 Å². The Morgan fingerprint density at radius 1 is 1.19 bits per heavy atom. The average molecular weight is 452 g/mol. The van der Waals surface area contributed by atoms with Crippen LogP contribution in [0.25, 0.3) is 0 Å². The number of anilines is 1. The van der Waals surface area contributed by atoms with Gasteiger partial charge in [0.1, 0.15) is 6.54 Å². The summed E-state index contributed by atoms with van der Waals surface area (Å²) in [6.07, 6.45) is 1.92. The predicted molar refractivity (Wildman–Crippen MR) is 113 cm³/mol. The van der Waals surface area contributed by atoms with E-state index in [-0.39, 0.29) is 6.54 Å². The van der Waals surface area contributed by atoms with Crippen molar-refractivity contribution in [3.05, 3.63) is 64.1 Å². The van der Waals surface area contributed by atoms with Crippen LogP contribution in [-0.4, -0.2) is 32.8 Å². The number of halogens is 1. The summed E-state index contributed by atoms with van der Waals surface area (Å²) in [5.74, 6) is -0.519. The summed E-state index contributed by atoms with van der Waals surface area (Å²) in [5.41, 5.74) is 5.41. The van der Waals surface area contributed by atoms with Crippen LogP contribution < -0.4 is 9.73 Å². The summed E-state index contributed by atoms with van der Waals surface area (Å²) in [5, 5.41) is 4.07. The second-order valence-electron chi connectivity index (χ2n) is 6.03. The van der Waals surface area contributed by atoms with E-state index < -0.39 is 15.9 Å². The Morgan fingerprint density at radius 2 is 1.85 bits per heavy atom. The smallest absolute Gasteiger partial charge is 0.260 e. The molecule has 2 aromatic rings. The molecule has 0 aliphatic heterocycles. The quantitative estimate of drug-likeness (QED) is 0.517. The zero-order valence-electron chi connectivity index (χ0n) is 15.4. The fraction of sp³-hybridized carbons (Fsp3) is 0.263. The van der Waals surface area contributed by atoms with Crippen molar-refractivity contribution in [3.8, 4) is 0 Å². The third kappa shape index (κ3) is 6.18. The Kier molecular flexibility index (Phi) is 7.15. The molecule has 0 aliphatic rings. The molecule has 0 spiro atoms. The Morgan fingerprint density at radius 3 is 2.41 bits per heavy atom. The van der Waals surface area contributed by atoms with Crippen molar-refractivity contribution in [2.75, 3.05) is 17.1 Å². The lowest BCUT2D eigenvalue weighted by molar-refractivity contribution is -0.119. The molecule has 27 heavy (non-hydrogen) atoms. The lowest BCUT2D eigenvalue weighted by atomic mass is 10.1. The number of nitrogens with one attached hydrogen (secondary N) is 1. The number of carbonyl (C=O) groups excluding carboxylic acids is 1. The average Bonchev–Trinajstić information content (AvgIpc) is 2.63. The van der Waals surface area contributed by atoms with Gasteiger partial charge in [-0.05, 0) is 48.7 Å². The molecule has 0 saturated carbocycles. The van der Waals surface area contributed by atoms with Crippen LogP contribution in [0.5, 0.6) is 0 Å². The molecule has 2 rings (SSSR count). The van der Waals surface area contributed by atoms with Gasteiger partial charge < -0.3 is 0 Å². The van der Waals surface area contributed by atoms with Crippen LogP contribution in [0.2, 0.25) is 0 Å². The van der Waals surface area contributed by atoms with Gasteiger partial charge in [-0.2, -0.15) is 5.10 Å². The van der Waals surface area contributed by atoms with Gasteiger partial charge in [-0.25, -0.2) is 13.8 Å². The van der Waals surface area contributed by atoms with E-state index in [1.165, 1.54) is 0 Å². The molecule has 0 saturated heterocycles. The first-order valence-electron chi connectivity index (χ1n) is 8.36. The van der Waals surface area contributed by atoms with Crippen molar-refractivity contribution in [1.82, 2.24) is 5.43 Å². The Balaban J connectivity index is 2.13. The fourth-order valence-electron chi connectivity index (χ4n) is 2.39. The number of carbonyl (C=O) groups is 1. The standard InChI is InChI=1S/C19H22BrN3O3S/c1-4-15-8-10-18(11-9-15)23(27(3,25)26)13-19(24)22-21-14(2)16-6-5-7-17(20)12-16/h5-12H,4,13H2,1-3H3,(H,22,24)/b21-14-. The van der Waals surface area contributed by atoms with E-state index in [9.17, 15) is 13.2 Å². The van der Waals surface area contributed by atoms with Crippen LogP contribution in [0.1, 0.15) is 25.0 Å². The SMILES string of the molecule is CCc1ccc(N(CC(=O)N/N=C(/C)c2cccc(Br)c2)S(C)(=O)=O)cc1. The van der Waals surface area contributed by atoms with Crippen molar-refractivity contribution in [2.45, 2.75) is 20.3 Å². The second kappa shape index (κ2) is 9.14. The molecule has 0 unspecified atom stereocenters. The molecular weight excluding hydrogens is 430 g/mol. The lowest BCUT2D eigenvalue weighted by Crippen LogP contribution is -2.39. The van der Waals surface area contributed by atoms with Crippen molar-refractivity contribution in [1.29, 1.82) is 0 Å². The fourth-order valence-corrected chi connectivity index (χ4v) is 3.64. The van der Waals surface area contributed by atoms with Crippen LogP contribution in [0, 0.1) is 0 Å². The van der Waals surface area contributed by atoms with Crippen molar-refractivity contribution in [2.24, 2.45) is 5.10 Å². The summed E-state index contributed by atoms with van der Waals surface area (Å²) >= 11 is 3.39. The monoisotopic (exact) mass is 451 g/mol. The first kappa shape index (κ1) is 21.1. The Bertz CT molecular complexity index is 941. The first-order chi connectivity index (χ1) is 12.7. The highest BCUT2D eigenvalue weighted by molar-refractivity contribution is 9.10. The van der Waals surface area contributed by atoms with E-state index in [0.29, 0.717) is 11.4 Å². The summed E-state index contributed by atoms with van der Waals surface area (Å²) < 4.78 is 26.2. The number of amides is 1. The maximum Gasteiger partial charge on any atom is 0.260 e. The van der Waals surface area contributed by atoms with E-state index in [1.807, 2.05) is 43.3 Å². The Labute approximate surface area is 168 Å². The van der Waals surface area contributed by atoms with Gasteiger partial charge in [0, 0.05) is 4.47 Å². The molecule has 0 fully saturated rings. The highest BCUT2D eigenvalue weighted by atomic mass is 79.9. The number of nitrogens with zero attached hydrogens (tertiary/aromatic N) is 2. The highest BCUT2D eigenvalue weighted by Crippen LogP contribution is 2.18. The van der Waals surface area contributed by atoms with E-state index >= 15 is 0 Å². The number of benzene rings is 2. The number of sulfonamides is 1. The van der Waals surface area contributed by atoms with Gasteiger partial charge in [0.05, 0.1) is 17.7 Å². The van der Waals surface area contributed by atoms with Crippen molar-refractivity contribution in [3.63, 3.8) is 0 Å². The molecule has 1 N–H and O–H groups in total. The molecule has 0 bridgehead atoms. The molecule has 0 atom stereocenters. The molecule has 0 aliphatic carbocycles. The molecule has 0 radical (unpaired) electrons. The van der Waals surface area contributed by atoms with Crippen molar-refractivity contribution >= 4 is 43.3 Å². The topological polar surface area (TPSA) is 78.8 Å². The van der Waals surface area contributed by atoms with Gasteiger partial charge in [-0.3, -0.25) is 9.10 Å². The van der Waals surface area contributed by atoms with Gasteiger partial charge in [0.15, 0.2) is 0 Å². The molecule has 6 nitrogen and oxygen atoms in total. The summed E-state index contributed by atoms with van der Waals surface area (Å²) in [7, 11) is -3.61. The maximum absolute atomic E-state index is 12.3. The van der Waals surface area contributed by atoms with Gasteiger partial charge >= 0.3 is 0 Å². The largest absolute Gasteiger partial charge is 0.271 e. The normalized spacial score (nSPS) is 11.9. The number of hydrogen-bond donors (Lipinski definition) is 1. The minimum atomic E-state index is -3.61. The van der Waals surface area contributed by atoms with Crippen LogP contribution in [0.3, 0.4) is 0 Å². The molecule has 0 aromatic heterocycles. The molecular formula is C19H22BrN3O3S. The third-order valence-electron chi connectivity index (χ3n) is 3.91. The summed E-state index contributed by atoms with van der Waals surface area (Å²) in [4.78, 5) is 12.3. The van der Waals surface area contributed by atoms with Gasteiger partial charge in [-0.1, -0.05) is 47.1 Å². The van der Waals surface area contributed by atoms with Crippen LogP contribution >= 0.6 is 15.9 Å². The molecule has 0 heterocycles. The molecule has 8 heteroatoms. The van der Waals surface area contributed by atoms with E-state index in [1.54, 1.807) is 19.1 Å². The maximum atomic E-state index is 12.3. The molecule has 144 valence electrons. The Hall–Kier alpha value is -2.19. The number of hydrazone groups is 1. The minimum absolute atomic E-state index is 0.348. The second-order valence-corrected chi connectivity index (χ2v) is 8.85. The third-order valence-corrected chi connectivity index (χ3v) is 5.54. The zero-order valence-corrected chi connectivity index (χ0v) is 17.8. The molecule has 2 aromatic carbocycles. The van der Waals surface area contributed by atoms with Gasteiger partial charge in [-0.15, -0.1) is 0 Å². The van der Waals surface area contributed by atoms with E-state index in [0.717, 1.165) is 32.6 Å². The predicted octanol–water partition coefficient (Wildman–Crippen LogP) is 3.32. The number of rotatable bonds is 7. The van der Waals surface area contributed by atoms with E-state index in [2.05, 4.69) is 26.5 Å². The van der Waals surface area contributed by atoms with Crippen LogP contribution in [0.15, 0.2) is 58.1 Å². The minimum Gasteiger partial charge on any atom is -0.271 e. The highest BCUT2D eigenvalue weighted by Gasteiger charge is 2.20. The summed E-state index contributed by atoms with van der Waals surface area (Å²) in [6, 6.07) is 14.6. The van der Waals surface area contributed by atoms with Crippen LogP contribution in [-0.2, 0) is 21.2 Å². The zero-order chi connectivity index (χ0) is 20.0. The van der Waals surface area contributed by atoms with Gasteiger partial charge in [0.2, 0.25) is 10.0 Å². The first-order valence-corrected chi connectivity index (χ1v) is 11.0. The summed E-state index contributed by atoms with van der Waals surface area (Å²) in [6.45, 7) is 3.43.